The van der Waals surface area contributed by atoms with Crippen molar-refractivity contribution < 1.29 is 23.5 Å². The van der Waals surface area contributed by atoms with Crippen molar-refractivity contribution in [2.75, 3.05) is 0 Å². The number of hydrogen-bond donors (Lipinski definition) is 1. The smallest absolute Gasteiger partial charge is 0.325 e. The lowest BCUT2D eigenvalue weighted by Crippen LogP contribution is -2.40. The molecule has 1 aliphatic rings. The SMILES string of the molecule is C[C@]1(c2ccc([N+](=O)[O-])cc2)NC(=O)N(Cc2nc(-c3ccco3)no2)C1=O. The molecule has 1 N–H and O–H groups in total. The van der Waals surface area contributed by atoms with Crippen molar-refractivity contribution in [3.8, 4) is 11.6 Å². The summed E-state index contributed by atoms with van der Waals surface area (Å²) < 4.78 is 10.3. The monoisotopic (exact) mass is 383 g/mol. The second kappa shape index (κ2) is 6.30. The second-order valence-corrected chi connectivity index (χ2v) is 6.24. The van der Waals surface area contributed by atoms with Crippen molar-refractivity contribution in [1.29, 1.82) is 0 Å². The molecule has 11 nitrogen and oxygen atoms in total. The molecule has 11 heteroatoms. The topological polar surface area (TPSA) is 145 Å². The number of hydrogen-bond acceptors (Lipinski definition) is 8. The minimum absolute atomic E-state index is 0.0582. The van der Waals surface area contributed by atoms with E-state index in [0.717, 1.165) is 4.90 Å². The summed E-state index contributed by atoms with van der Waals surface area (Å²) in [6, 6.07) is 8.09. The predicted molar refractivity (Wildman–Crippen MR) is 91.5 cm³/mol. The Hall–Kier alpha value is -4.02. The van der Waals surface area contributed by atoms with E-state index in [1.807, 2.05) is 0 Å². The first-order valence-electron chi connectivity index (χ1n) is 8.14. The van der Waals surface area contributed by atoms with E-state index in [-0.39, 0.29) is 23.9 Å². The normalized spacial score (nSPS) is 19.1. The highest BCUT2D eigenvalue weighted by atomic mass is 16.6. The van der Waals surface area contributed by atoms with E-state index in [4.69, 9.17) is 8.94 Å². The van der Waals surface area contributed by atoms with Crippen molar-refractivity contribution in [3.05, 3.63) is 64.2 Å². The van der Waals surface area contributed by atoms with E-state index in [9.17, 15) is 19.7 Å². The standard InChI is InChI=1S/C17H13N5O6/c1-17(10-4-6-11(7-5-10)22(25)26)15(23)21(16(24)19-17)9-13-18-14(20-28-13)12-3-2-8-27-12/h2-8H,9H2,1H3,(H,19,24)/t17-/m1/s1. The number of nitrogens with one attached hydrogen (secondary N) is 1. The van der Waals surface area contributed by atoms with Gasteiger partial charge < -0.3 is 14.3 Å². The van der Waals surface area contributed by atoms with E-state index >= 15 is 0 Å². The highest BCUT2D eigenvalue weighted by molar-refractivity contribution is 6.07. The average Bonchev–Trinajstić information content (AvgIpc) is 3.40. The summed E-state index contributed by atoms with van der Waals surface area (Å²) in [7, 11) is 0. The minimum atomic E-state index is -1.37. The van der Waals surface area contributed by atoms with Gasteiger partial charge in [0.15, 0.2) is 5.76 Å². The number of carbonyl (C=O) groups is 2. The molecule has 4 rings (SSSR count). The van der Waals surface area contributed by atoms with E-state index in [1.54, 1.807) is 12.1 Å². The minimum Gasteiger partial charge on any atom is -0.461 e. The van der Waals surface area contributed by atoms with E-state index in [2.05, 4.69) is 15.5 Å². The Morgan fingerprint density at radius 3 is 2.64 bits per heavy atom. The van der Waals surface area contributed by atoms with Crippen LogP contribution in [0.3, 0.4) is 0 Å². The van der Waals surface area contributed by atoms with Gasteiger partial charge in [-0.25, -0.2) is 4.79 Å². The lowest BCUT2D eigenvalue weighted by atomic mass is 9.92. The van der Waals surface area contributed by atoms with E-state index in [1.165, 1.54) is 37.5 Å². The van der Waals surface area contributed by atoms with Gasteiger partial charge in [-0.05, 0) is 36.8 Å². The van der Waals surface area contributed by atoms with Crippen LogP contribution in [0.15, 0.2) is 51.6 Å². The van der Waals surface area contributed by atoms with Crippen LogP contribution < -0.4 is 5.32 Å². The van der Waals surface area contributed by atoms with Gasteiger partial charge in [0, 0.05) is 12.1 Å². The molecule has 3 aromatic rings. The Morgan fingerprint density at radius 1 is 1.25 bits per heavy atom. The Morgan fingerprint density at radius 2 is 2.00 bits per heavy atom. The first-order valence-corrected chi connectivity index (χ1v) is 8.14. The quantitative estimate of drug-likeness (QED) is 0.401. The Labute approximate surface area is 157 Å². The molecule has 3 amide bonds. The van der Waals surface area contributed by atoms with Gasteiger partial charge in [-0.1, -0.05) is 5.16 Å². The van der Waals surface area contributed by atoms with Gasteiger partial charge in [-0.15, -0.1) is 0 Å². The molecule has 28 heavy (non-hydrogen) atoms. The highest BCUT2D eigenvalue weighted by Crippen LogP contribution is 2.31. The molecule has 0 spiro atoms. The Bertz CT molecular complexity index is 1060. The number of nitro benzene ring substituents is 1. The maximum Gasteiger partial charge on any atom is 0.325 e. The Kier molecular flexibility index (Phi) is 3.91. The number of nitro groups is 1. The van der Waals surface area contributed by atoms with Gasteiger partial charge in [0.25, 0.3) is 11.6 Å². The molecule has 142 valence electrons. The zero-order valence-corrected chi connectivity index (χ0v) is 14.5. The van der Waals surface area contributed by atoms with Crippen LogP contribution in [-0.4, -0.2) is 31.9 Å². The lowest BCUT2D eigenvalue weighted by molar-refractivity contribution is -0.384. The van der Waals surface area contributed by atoms with Crippen LogP contribution in [0.1, 0.15) is 18.4 Å². The second-order valence-electron chi connectivity index (χ2n) is 6.24. The molecule has 3 heterocycles. The average molecular weight is 383 g/mol. The van der Waals surface area contributed by atoms with Crippen molar-refractivity contribution in [3.63, 3.8) is 0 Å². The van der Waals surface area contributed by atoms with Crippen LogP contribution in [-0.2, 0) is 16.9 Å². The van der Waals surface area contributed by atoms with Crippen LogP contribution in [0.2, 0.25) is 0 Å². The van der Waals surface area contributed by atoms with Crippen molar-refractivity contribution in [1.82, 2.24) is 20.4 Å². The summed E-state index contributed by atoms with van der Waals surface area (Å²) in [5.74, 6) is 0.111. The molecule has 0 radical (unpaired) electrons. The van der Waals surface area contributed by atoms with Gasteiger partial charge in [0.05, 0.1) is 11.2 Å². The number of nitrogens with zero attached hydrogens (tertiary/aromatic N) is 4. The third-order valence-electron chi connectivity index (χ3n) is 4.43. The van der Waals surface area contributed by atoms with Gasteiger partial charge in [-0.2, -0.15) is 4.98 Å². The molecule has 1 saturated heterocycles. The number of non-ortho nitro benzene ring substituents is 1. The predicted octanol–water partition coefficient (Wildman–Crippen LogP) is 2.21. The zero-order chi connectivity index (χ0) is 19.9. The van der Waals surface area contributed by atoms with Crippen LogP contribution >= 0.6 is 0 Å². The molecule has 0 aliphatic carbocycles. The molecule has 0 unspecified atom stereocenters. The van der Waals surface area contributed by atoms with Gasteiger partial charge in [0.2, 0.25) is 11.7 Å². The van der Waals surface area contributed by atoms with Crippen LogP contribution in [0.25, 0.3) is 11.6 Å². The summed E-state index contributed by atoms with van der Waals surface area (Å²) in [4.78, 5) is 40.6. The van der Waals surface area contributed by atoms with Gasteiger partial charge >= 0.3 is 6.03 Å². The number of furan rings is 1. The number of imide groups is 1. The zero-order valence-electron chi connectivity index (χ0n) is 14.5. The van der Waals surface area contributed by atoms with Crippen molar-refractivity contribution in [2.45, 2.75) is 19.0 Å². The lowest BCUT2D eigenvalue weighted by Gasteiger charge is -2.21. The molecular formula is C17H13N5O6. The van der Waals surface area contributed by atoms with Gasteiger partial charge in [-0.3, -0.25) is 19.8 Å². The van der Waals surface area contributed by atoms with Crippen LogP contribution in [0, 0.1) is 10.1 Å². The number of rotatable bonds is 5. The molecule has 1 aromatic carbocycles. The summed E-state index contributed by atoms with van der Waals surface area (Å²) in [6.07, 6.45) is 1.46. The van der Waals surface area contributed by atoms with Crippen LogP contribution in [0.4, 0.5) is 10.5 Å². The number of benzene rings is 1. The van der Waals surface area contributed by atoms with Crippen molar-refractivity contribution in [2.24, 2.45) is 0 Å². The molecule has 0 saturated carbocycles. The summed E-state index contributed by atoms with van der Waals surface area (Å²) >= 11 is 0. The number of urea groups is 1. The number of amides is 3. The molecule has 1 aliphatic heterocycles. The fraction of sp³-hybridized carbons (Fsp3) is 0.176. The maximum atomic E-state index is 12.9. The third kappa shape index (κ3) is 2.78. The molecule has 2 aromatic heterocycles. The third-order valence-corrected chi connectivity index (χ3v) is 4.43. The van der Waals surface area contributed by atoms with Gasteiger partial charge in [0.1, 0.15) is 12.1 Å². The molecule has 1 atom stereocenters. The number of carbonyl (C=O) groups excluding carboxylic acids is 2. The molecular weight excluding hydrogens is 370 g/mol. The first-order chi connectivity index (χ1) is 13.4. The summed E-state index contributed by atoms with van der Waals surface area (Å²) in [6.45, 7) is 1.30. The maximum absolute atomic E-state index is 12.9. The van der Waals surface area contributed by atoms with E-state index < -0.39 is 22.4 Å². The fourth-order valence-electron chi connectivity index (χ4n) is 2.91. The summed E-state index contributed by atoms with van der Waals surface area (Å²) in [5.41, 5.74) is -1.06. The summed E-state index contributed by atoms with van der Waals surface area (Å²) in [5, 5.41) is 17.2. The molecule has 1 fully saturated rings. The van der Waals surface area contributed by atoms with Crippen molar-refractivity contribution >= 4 is 17.6 Å². The number of aromatic nitrogens is 2. The largest absolute Gasteiger partial charge is 0.461 e. The van der Waals surface area contributed by atoms with Crippen LogP contribution in [0.5, 0.6) is 0 Å². The first kappa shape index (κ1) is 17.4. The van der Waals surface area contributed by atoms with E-state index in [0.29, 0.717) is 11.3 Å². The molecule has 0 bridgehead atoms. The highest BCUT2D eigenvalue weighted by Gasteiger charge is 2.49. The Balaban J connectivity index is 1.56. The fourth-order valence-corrected chi connectivity index (χ4v) is 2.91.